The molecule has 0 saturated carbocycles. The molecule has 3 N–H and O–H groups in total. The van der Waals surface area contributed by atoms with E-state index in [-0.39, 0.29) is 6.04 Å². The zero-order valence-electron chi connectivity index (χ0n) is 16.4. The molecular weight excluding hydrogens is 370 g/mol. The van der Waals surface area contributed by atoms with Gasteiger partial charge in [0.15, 0.2) is 5.11 Å². The Morgan fingerprint density at radius 1 is 1.07 bits per heavy atom. The Hall–Kier alpha value is -2.15. The van der Waals surface area contributed by atoms with Crippen LogP contribution in [0.15, 0.2) is 54.6 Å². The molecule has 1 aliphatic rings. The first-order chi connectivity index (χ1) is 13.8. The lowest BCUT2D eigenvalue weighted by Gasteiger charge is -2.24. The van der Waals surface area contributed by atoms with Crippen molar-refractivity contribution in [1.82, 2.24) is 10.6 Å². The van der Waals surface area contributed by atoms with Gasteiger partial charge in [0.2, 0.25) is 0 Å². The highest BCUT2D eigenvalue weighted by Gasteiger charge is 2.16. The van der Waals surface area contributed by atoms with Gasteiger partial charge >= 0.3 is 0 Å². The van der Waals surface area contributed by atoms with E-state index in [4.69, 9.17) is 21.7 Å². The lowest BCUT2D eigenvalue weighted by molar-refractivity contribution is -0.908. The summed E-state index contributed by atoms with van der Waals surface area (Å²) in [7, 11) is 1.68. The Morgan fingerprint density at radius 2 is 1.75 bits per heavy atom. The van der Waals surface area contributed by atoms with E-state index in [1.807, 2.05) is 18.2 Å². The number of hydrogen-bond donors (Lipinski definition) is 3. The number of rotatable bonds is 8. The van der Waals surface area contributed by atoms with Crippen LogP contribution >= 0.6 is 12.2 Å². The summed E-state index contributed by atoms with van der Waals surface area (Å²) in [6.45, 7) is 6.00. The van der Waals surface area contributed by atoms with Gasteiger partial charge in [-0.3, -0.25) is 0 Å². The maximum absolute atomic E-state index is 5.57. The number of nitrogens with one attached hydrogen (secondary N) is 3. The number of quaternary nitrogens is 1. The van der Waals surface area contributed by atoms with Crippen molar-refractivity contribution in [1.29, 1.82) is 0 Å². The van der Waals surface area contributed by atoms with E-state index in [1.165, 1.54) is 5.56 Å². The second-order valence-electron chi connectivity index (χ2n) is 6.98. The molecule has 0 aliphatic carbocycles. The largest absolute Gasteiger partial charge is 0.497 e. The van der Waals surface area contributed by atoms with Crippen molar-refractivity contribution in [3.05, 3.63) is 65.7 Å². The molecule has 3 rings (SSSR count). The summed E-state index contributed by atoms with van der Waals surface area (Å²) in [5.74, 6) is 0.849. The molecule has 0 aromatic heterocycles. The highest BCUT2D eigenvalue weighted by Crippen LogP contribution is 2.24. The Labute approximate surface area is 173 Å². The van der Waals surface area contributed by atoms with Crippen LogP contribution in [0.5, 0.6) is 5.75 Å². The third kappa shape index (κ3) is 6.19. The van der Waals surface area contributed by atoms with Gasteiger partial charge in [-0.1, -0.05) is 42.5 Å². The summed E-state index contributed by atoms with van der Waals surface area (Å²) in [5, 5.41) is 7.53. The summed E-state index contributed by atoms with van der Waals surface area (Å²) in [6.07, 6.45) is 1.09. The molecule has 0 amide bonds. The minimum Gasteiger partial charge on any atom is -0.497 e. The second kappa shape index (κ2) is 11.0. The minimum atomic E-state index is -0.00280. The van der Waals surface area contributed by atoms with Crippen LogP contribution in [0.1, 0.15) is 23.6 Å². The van der Waals surface area contributed by atoms with Crippen LogP contribution in [0.25, 0.3) is 0 Å². The van der Waals surface area contributed by atoms with Crippen molar-refractivity contribution in [3.8, 4) is 5.75 Å². The normalized spacial score (nSPS) is 15.6. The zero-order chi connectivity index (χ0) is 19.6. The first-order valence-electron chi connectivity index (χ1n) is 9.91. The summed E-state index contributed by atoms with van der Waals surface area (Å²) >= 11 is 5.57. The summed E-state index contributed by atoms with van der Waals surface area (Å²) in [4.78, 5) is 1.62. The average Bonchev–Trinajstić information content (AvgIpc) is 2.76. The van der Waals surface area contributed by atoms with Gasteiger partial charge in [-0.05, 0) is 35.5 Å². The number of methoxy groups -OCH3 is 1. The fourth-order valence-electron chi connectivity index (χ4n) is 3.43. The number of benzene rings is 2. The molecule has 0 spiro atoms. The fraction of sp³-hybridized carbons (Fsp3) is 0.409. The molecule has 0 bridgehead atoms. The maximum Gasteiger partial charge on any atom is 0.167 e. The molecule has 2 aromatic carbocycles. The van der Waals surface area contributed by atoms with Crippen LogP contribution < -0.4 is 20.3 Å². The first kappa shape index (κ1) is 20.6. The molecule has 1 saturated heterocycles. The van der Waals surface area contributed by atoms with Crippen molar-refractivity contribution in [2.75, 3.05) is 46.5 Å². The molecule has 0 radical (unpaired) electrons. The van der Waals surface area contributed by atoms with E-state index in [0.29, 0.717) is 5.11 Å². The quantitative estimate of drug-likeness (QED) is 0.464. The van der Waals surface area contributed by atoms with Crippen molar-refractivity contribution in [3.63, 3.8) is 0 Å². The molecule has 1 heterocycles. The molecule has 1 atom stereocenters. The Bertz CT molecular complexity index is 718. The third-order valence-electron chi connectivity index (χ3n) is 5.05. The standard InChI is InChI=1S/C22H29N3O2S/c1-26-20-10-8-19(9-11-20)21(18-6-3-2-4-7-18)24-22(28)23-12-5-13-25-14-16-27-17-15-25/h2-4,6-11,21H,5,12-17H2,1H3,(H2,23,24,28)/p+1/t21-/m0/s1. The highest BCUT2D eigenvalue weighted by molar-refractivity contribution is 7.80. The van der Waals surface area contributed by atoms with E-state index in [0.717, 1.165) is 57.1 Å². The lowest BCUT2D eigenvalue weighted by Crippen LogP contribution is -3.14. The van der Waals surface area contributed by atoms with Crippen LogP contribution in [0, 0.1) is 0 Å². The zero-order valence-corrected chi connectivity index (χ0v) is 17.3. The lowest BCUT2D eigenvalue weighted by atomic mass is 9.99. The van der Waals surface area contributed by atoms with Gasteiger partial charge in [-0.25, -0.2) is 0 Å². The number of thiocarbonyl (C=S) groups is 1. The summed E-state index contributed by atoms with van der Waals surface area (Å²) < 4.78 is 10.7. The van der Waals surface area contributed by atoms with Gasteiger partial charge in [0.25, 0.3) is 0 Å². The van der Waals surface area contributed by atoms with Crippen LogP contribution in [-0.4, -0.2) is 51.6 Å². The van der Waals surface area contributed by atoms with Crippen molar-refractivity contribution >= 4 is 17.3 Å². The molecule has 2 aromatic rings. The topological polar surface area (TPSA) is 47.0 Å². The van der Waals surface area contributed by atoms with Crippen LogP contribution in [0.4, 0.5) is 0 Å². The van der Waals surface area contributed by atoms with Crippen molar-refractivity contribution in [2.45, 2.75) is 12.5 Å². The van der Waals surface area contributed by atoms with E-state index in [2.05, 4.69) is 47.0 Å². The molecule has 150 valence electrons. The molecule has 28 heavy (non-hydrogen) atoms. The van der Waals surface area contributed by atoms with E-state index < -0.39 is 0 Å². The van der Waals surface area contributed by atoms with E-state index in [1.54, 1.807) is 12.0 Å². The third-order valence-corrected chi connectivity index (χ3v) is 5.31. The second-order valence-corrected chi connectivity index (χ2v) is 7.39. The van der Waals surface area contributed by atoms with E-state index in [9.17, 15) is 0 Å². The first-order valence-corrected chi connectivity index (χ1v) is 10.3. The summed E-state index contributed by atoms with van der Waals surface area (Å²) in [6, 6.07) is 18.5. The van der Waals surface area contributed by atoms with Gasteiger partial charge in [-0.15, -0.1) is 0 Å². The van der Waals surface area contributed by atoms with Crippen LogP contribution in [0.3, 0.4) is 0 Å². The highest BCUT2D eigenvalue weighted by atomic mass is 32.1. The summed E-state index contributed by atoms with van der Waals surface area (Å²) in [5.41, 5.74) is 2.32. The number of ether oxygens (including phenoxy) is 2. The molecule has 0 unspecified atom stereocenters. The monoisotopic (exact) mass is 400 g/mol. The van der Waals surface area contributed by atoms with Gasteiger partial charge in [0, 0.05) is 13.0 Å². The van der Waals surface area contributed by atoms with Gasteiger partial charge < -0.3 is 25.0 Å². The molecule has 1 aliphatic heterocycles. The fourth-order valence-corrected chi connectivity index (χ4v) is 3.65. The SMILES string of the molecule is COc1ccc([C@@H](NC(=S)NCCC[NH+]2CCOCC2)c2ccccc2)cc1. The minimum absolute atomic E-state index is 0.00280. The van der Waals surface area contributed by atoms with Crippen molar-refractivity contribution in [2.24, 2.45) is 0 Å². The smallest absolute Gasteiger partial charge is 0.167 e. The Morgan fingerprint density at radius 3 is 2.43 bits per heavy atom. The Kier molecular flexibility index (Phi) is 8.08. The van der Waals surface area contributed by atoms with Crippen LogP contribution in [0.2, 0.25) is 0 Å². The Balaban J connectivity index is 1.55. The van der Waals surface area contributed by atoms with Gasteiger partial charge in [0.05, 0.1) is 32.9 Å². The molecular formula is C22H30N3O2S+. The molecule has 6 heteroatoms. The predicted octanol–water partition coefficient (Wildman–Crippen LogP) is 1.55. The maximum atomic E-state index is 5.57. The molecule has 5 nitrogen and oxygen atoms in total. The van der Waals surface area contributed by atoms with Crippen LogP contribution in [-0.2, 0) is 4.74 Å². The number of morpholine rings is 1. The van der Waals surface area contributed by atoms with Gasteiger partial charge in [0.1, 0.15) is 18.8 Å². The van der Waals surface area contributed by atoms with Gasteiger partial charge in [-0.2, -0.15) is 0 Å². The average molecular weight is 401 g/mol. The van der Waals surface area contributed by atoms with E-state index >= 15 is 0 Å². The molecule has 1 fully saturated rings. The number of hydrogen-bond acceptors (Lipinski definition) is 3. The van der Waals surface area contributed by atoms with Crippen molar-refractivity contribution < 1.29 is 14.4 Å². The predicted molar refractivity (Wildman–Crippen MR) is 116 cm³/mol.